The van der Waals surface area contributed by atoms with Crippen LogP contribution in [0.2, 0.25) is 0 Å². The zero-order valence-corrected chi connectivity index (χ0v) is 41.4. The Morgan fingerprint density at radius 2 is 0.779 bits per heavy atom. The maximum absolute atomic E-state index is 6.03. The third-order valence-electron chi connectivity index (χ3n) is 13.2. The summed E-state index contributed by atoms with van der Waals surface area (Å²) in [5, 5.41) is 0. The summed E-state index contributed by atoms with van der Waals surface area (Å²) in [5.74, 6) is 0. The predicted octanol–water partition coefficient (Wildman–Crippen LogP) is 6.81. The second kappa shape index (κ2) is 20.7. The molecule has 346 valence electrons. The first-order chi connectivity index (χ1) is 32.9. The van der Waals surface area contributed by atoms with E-state index in [2.05, 4.69) is 217 Å². The molecule has 0 N–H and O–H groups in total. The van der Waals surface area contributed by atoms with E-state index in [0.29, 0.717) is 6.73 Å². The molecule has 4 heterocycles. The van der Waals surface area contributed by atoms with Gasteiger partial charge in [0.2, 0.25) is 19.1 Å². The van der Waals surface area contributed by atoms with E-state index in [4.69, 9.17) is 4.84 Å². The Hall–Kier alpha value is -6.62. The number of pyridine rings is 4. The van der Waals surface area contributed by atoms with Crippen LogP contribution >= 0.6 is 0 Å². The van der Waals surface area contributed by atoms with Crippen LogP contribution < -0.4 is 23.3 Å². The highest BCUT2D eigenvalue weighted by Crippen LogP contribution is 2.47. The molecule has 4 aromatic rings. The highest BCUT2D eigenvalue weighted by molar-refractivity contribution is 5.98. The van der Waals surface area contributed by atoms with Crippen LogP contribution in [0.5, 0.6) is 0 Å². The van der Waals surface area contributed by atoms with Crippen LogP contribution in [0.25, 0.3) is 22.3 Å². The topological polar surface area (TPSA) is 37.7 Å². The third kappa shape index (κ3) is 10.7. The highest BCUT2D eigenvalue weighted by Gasteiger charge is 2.28. The molecule has 0 saturated carbocycles. The fraction of sp³-hybridized carbons (Fsp3) is 0.288. The minimum absolute atomic E-state index is 0.490. The summed E-state index contributed by atoms with van der Waals surface area (Å²) >= 11 is 0. The minimum atomic E-state index is 0.490. The van der Waals surface area contributed by atoms with Crippen LogP contribution in [-0.2, 0) is 19.6 Å². The van der Waals surface area contributed by atoms with Crippen LogP contribution in [-0.4, -0.2) is 102 Å². The molecule has 4 aromatic heterocycles. The molecule has 0 radical (unpaired) electrons. The lowest BCUT2D eigenvalue weighted by Crippen LogP contribution is -2.45. The molecule has 68 heavy (non-hydrogen) atoms. The number of aromatic nitrogens is 4. The van der Waals surface area contributed by atoms with Crippen LogP contribution in [0, 0.1) is 0 Å². The molecular formula is C59H68N8O+4. The van der Waals surface area contributed by atoms with Crippen molar-refractivity contribution in [1.82, 2.24) is 19.6 Å². The van der Waals surface area contributed by atoms with Gasteiger partial charge in [-0.3, -0.25) is 9.74 Å². The van der Waals surface area contributed by atoms with Gasteiger partial charge in [0.05, 0.1) is 19.6 Å². The molecule has 9 heteroatoms. The molecule has 0 aromatic carbocycles. The Bertz CT molecular complexity index is 2690. The quantitative estimate of drug-likeness (QED) is 0.0915. The molecule has 0 unspecified atom stereocenters. The molecule has 5 aliphatic carbocycles. The Kier molecular flexibility index (Phi) is 14.2. The Balaban J connectivity index is 1.23. The Labute approximate surface area is 404 Å². The van der Waals surface area contributed by atoms with E-state index in [1.165, 1.54) is 83.6 Å². The van der Waals surface area contributed by atoms with Crippen molar-refractivity contribution in [3.8, 4) is 0 Å². The van der Waals surface area contributed by atoms with Crippen molar-refractivity contribution in [3.63, 3.8) is 0 Å². The van der Waals surface area contributed by atoms with Gasteiger partial charge in [0.25, 0.3) is 0 Å². The number of hydrogen-bond acceptors (Lipinski definition) is 5. The summed E-state index contributed by atoms with van der Waals surface area (Å²) in [5.41, 5.74) is 20.0. The van der Waals surface area contributed by atoms with Gasteiger partial charge >= 0.3 is 0 Å². The fourth-order valence-electron chi connectivity index (χ4n) is 9.51. The van der Waals surface area contributed by atoms with Crippen molar-refractivity contribution >= 4 is 22.3 Å². The number of allylic oxidation sites excluding steroid dienone is 22. The van der Waals surface area contributed by atoms with Gasteiger partial charge < -0.3 is 14.7 Å². The molecule has 9 nitrogen and oxygen atoms in total. The van der Waals surface area contributed by atoms with E-state index < -0.39 is 0 Å². The number of nitrogens with zero attached hydrogens (tertiary/aromatic N) is 8. The Morgan fingerprint density at radius 3 is 1.15 bits per heavy atom. The number of hydrogen-bond donors (Lipinski definition) is 0. The molecule has 0 aliphatic heterocycles. The number of rotatable bonds is 16. The van der Waals surface area contributed by atoms with Gasteiger partial charge in [-0.2, -0.15) is 0 Å². The fourth-order valence-corrected chi connectivity index (χ4v) is 9.51. The van der Waals surface area contributed by atoms with Gasteiger partial charge in [-0.25, -0.2) is 13.7 Å². The zero-order valence-electron chi connectivity index (χ0n) is 41.4. The monoisotopic (exact) mass is 905 g/mol. The van der Waals surface area contributed by atoms with Gasteiger partial charge in [0.15, 0.2) is 56.8 Å². The van der Waals surface area contributed by atoms with Crippen molar-refractivity contribution in [2.24, 2.45) is 0 Å². The lowest BCUT2D eigenvalue weighted by atomic mass is 9.87. The average molecular weight is 905 g/mol. The molecule has 0 saturated heterocycles. The summed E-state index contributed by atoms with van der Waals surface area (Å²) < 4.78 is 8.67. The smallest absolute Gasteiger partial charge is 0.223 e. The standard InChI is InChI=1S/C59H68N8O/c1-60(2)33-36-64-25-17-44(18-26-64)56-48-9-11-50(39-48)57(45-19-27-65(28-20-45)37-34-61(3)4)52-13-15-54(41-52)59(47-23-31-67(32-24-47)68-43-63(7)8)55-16-14-53(42-55)58(51-12-10-49(56)40-51)46-21-29-66(30-22-46)38-35-62(5)6/h9-32,39,42H,33-38,40-41,43H2,1-8H3/q+4. The van der Waals surface area contributed by atoms with Gasteiger partial charge in [0, 0.05) is 53.3 Å². The van der Waals surface area contributed by atoms with Gasteiger partial charge in [-0.15, -0.1) is 0 Å². The van der Waals surface area contributed by atoms with Crippen LogP contribution in [0.4, 0.5) is 0 Å². The van der Waals surface area contributed by atoms with Gasteiger partial charge in [0.1, 0.15) is 0 Å². The first kappa shape index (κ1) is 46.5. The van der Waals surface area contributed by atoms with Crippen LogP contribution in [0.3, 0.4) is 0 Å². The van der Waals surface area contributed by atoms with E-state index in [0.717, 1.165) is 57.7 Å². The second-order valence-corrected chi connectivity index (χ2v) is 19.6. The maximum atomic E-state index is 6.03. The number of fused-ring (bicyclic) bond motifs is 6. The summed E-state index contributed by atoms with van der Waals surface area (Å²) in [6, 6.07) is 18.2. The largest absolute Gasteiger partial charge is 0.303 e. The molecule has 8 bridgehead atoms. The lowest BCUT2D eigenvalue weighted by molar-refractivity contribution is -0.894. The first-order valence-corrected chi connectivity index (χ1v) is 24.0. The van der Waals surface area contributed by atoms with E-state index >= 15 is 0 Å². The van der Waals surface area contributed by atoms with E-state index in [1.807, 2.05) is 31.4 Å². The zero-order chi connectivity index (χ0) is 47.3. The second-order valence-electron chi connectivity index (χ2n) is 19.6. The molecular weight excluding hydrogens is 837 g/mol. The lowest BCUT2D eigenvalue weighted by Gasteiger charge is -2.17. The van der Waals surface area contributed by atoms with Gasteiger partial charge in [-0.05, 0) is 171 Å². The molecule has 5 aliphatic rings. The maximum Gasteiger partial charge on any atom is 0.223 e. The summed E-state index contributed by atoms with van der Waals surface area (Å²) in [4.78, 5) is 14.8. The van der Waals surface area contributed by atoms with Crippen molar-refractivity contribution in [3.05, 3.63) is 226 Å². The molecule has 9 rings (SSSR count). The van der Waals surface area contributed by atoms with E-state index in [-0.39, 0.29) is 0 Å². The average Bonchev–Trinajstić information content (AvgIpc) is 4.19. The van der Waals surface area contributed by atoms with E-state index in [9.17, 15) is 0 Å². The number of likely N-dealkylation sites (N-methyl/N-ethyl adjacent to an activating group) is 3. The first-order valence-electron chi connectivity index (χ1n) is 24.0. The van der Waals surface area contributed by atoms with Crippen molar-refractivity contribution in [2.75, 3.05) is 82.7 Å². The molecule has 0 atom stereocenters. The Morgan fingerprint density at radius 1 is 0.412 bits per heavy atom. The van der Waals surface area contributed by atoms with Crippen LogP contribution in [0.1, 0.15) is 35.1 Å². The van der Waals surface area contributed by atoms with Gasteiger partial charge in [-0.1, -0.05) is 48.6 Å². The summed E-state index contributed by atoms with van der Waals surface area (Å²) in [7, 11) is 16.8. The van der Waals surface area contributed by atoms with Crippen molar-refractivity contribution < 1.29 is 23.3 Å². The normalized spacial score (nSPS) is 16.7. The van der Waals surface area contributed by atoms with Crippen molar-refractivity contribution in [2.45, 2.75) is 32.5 Å². The SMILES string of the molecule is CN(C)CC[n+]1ccc(C2=C3C=CC(=C3)C(c3cc[n+](CCN(C)C)cc3)=C3C=CC(=C(c4cc[n+](CCN(C)C)cc4)C4=CC(=C(c5cc[n+](OCN(C)C)cc5)C5=CC=C2C5)C=C4)C3)cc1. The molecule has 0 fully saturated rings. The van der Waals surface area contributed by atoms with Crippen molar-refractivity contribution in [1.29, 1.82) is 0 Å². The summed E-state index contributed by atoms with van der Waals surface area (Å²) in [6.07, 6.45) is 42.9. The summed E-state index contributed by atoms with van der Waals surface area (Å²) in [6.45, 7) is 6.25. The predicted molar refractivity (Wildman–Crippen MR) is 274 cm³/mol. The third-order valence-corrected chi connectivity index (χ3v) is 13.2. The highest BCUT2D eigenvalue weighted by atomic mass is 16.7. The minimum Gasteiger partial charge on any atom is -0.303 e. The molecule has 0 amide bonds. The van der Waals surface area contributed by atoms with E-state index in [1.54, 1.807) is 4.73 Å². The molecule has 0 spiro atoms. The van der Waals surface area contributed by atoms with Crippen LogP contribution in [0.15, 0.2) is 203 Å².